The van der Waals surface area contributed by atoms with Crippen LogP contribution in [0, 0.1) is 5.82 Å². The summed E-state index contributed by atoms with van der Waals surface area (Å²) < 4.78 is 24.2. The van der Waals surface area contributed by atoms with Crippen LogP contribution in [0.3, 0.4) is 0 Å². The minimum atomic E-state index is -0.372. The van der Waals surface area contributed by atoms with Crippen molar-refractivity contribution >= 4 is 22.9 Å². The van der Waals surface area contributed by atoms with E-state index in [1.54, 1.807) is 11.3 Å². The lowest BCUT2D eigenvalue weighted by molar-refractivity contribution is 0.111. The molecule has 106 valence electrons. The molecule has 0 amide bonds. The number of halogens is 2. The van der Waals surface area contributed by atoms with Crippen molar-refractivity contribution in [1.82, 2.24) is 4.98 Å². The molecule has 3 nitrogen and oxygen atoms in total. The number of hydrogen-bond donors (Lipinski definition) is 0. The van der Waals surface area contributed by atoms with Gasteiger partial charge >= 0.3 is 0 Å². The lowest BCUT2D eigenvalue weighted by Crippen LogP contribution is -1.99. The summed E-state index contributed by atoms with van der Waals surface area (Å²) in [6.07, 6.45) is 2.21. The van der Waals surface area contributed by atoms with Gasteiger partial charge in [-0.3, -0.25) is 0 Å². The largest absolute Gasteiger partial charge is 0.486 e. The normalized spacial score (nSPS) is 18.4. The zero-order chi connectivity index (χ0) is 13.9. The van der Waals surface area contributed by atoms with E-state index in [0.29, 0.717) is 10.8 Å². The second kappa shape index (κ2) is 6.08. The molecule has 1 aromatic heterocycles. The number of benzene rings is 1. The predicted molar refractivity (Wildman–Crippen MR) is 75.8 cm³/mol. The zero-order valence-corrected chi connectivity index (χ0v) is 12.2. The molecule has 20 heavy (non-hydrogen) atoms. The summed E-state index contributed by atoms with van der Waals surface area (Å²) in [7, 11) is 0. The summed E-state index contributed by atoms with van der Waals surface area (Å²) in [6.45, 7) is 1.07. The highest BCUT2D eigenvalue weighted by molar-refractivity contribution is 7.09. The van der Waals surface area contributed by atoms with Crippen LogP contribution in [0.4, 0.5) is 4.39 Å². The van der Waals surface area contributed by atoms with Gasteiger partial charge in [0.25, 0.3) is 0 Å². The van der Waals surface area contributed by atoms with Crippen molar-refractivity contribution < 1.29 is 13.9 Å². The van der Waals surface area contributed by atoms with E-state index >= 15 is 0 Å². The third-order valence-electron chi connectivity index (χ3n) is 3.04. The van der Waals surface area contributed by atoms with Gasteiger partial charge in [-0.2, -0.15) is 0 Å². The van der Waals surface area contributed by atoms with Crippen molar-refractivity contribution in [2.75, 3.05) is 6.61 Å². The highest BCUT2D eigenvalue weighted by Crippen LogP contribution is 2.31. The second-order valence-corrected chi connectivity index (χ2v) is 5.84. The lowest BCUT2D eigenvalue weighted by atomic mass is 10.2. The minimum Gasteiger partial charge on any atom is -0.486 e. The summed E-state index contributed by atoms with van der Waals surface area (Å²) in [6, 6.07) is 4.05. The molecule has 1 aromatic carbocycles. The van der Waals surface area contributed by atoms with Crippen LogP contribution in [0.25, 0.3) is 0 Å². The first-order valence-corrected chi connectivity index (χ1v) is 7.62. The lowest BCUT2D eigenvalue weighted by Gasteiger charge is -2.06. The Kier molecular flexibility index (Phi) is 4.19. The highest BCUT2D eigenvalue weighted by atomic mass is 35.5. The van der Waals surface area contributed by atoms with Crippen LogP contribution in [-0.2, 0) is 11.3 Å². The average molecular weight is 314 g/mol. The summed E-state index contributed by atoms with van der Waals surface area (Å²) in [4.78, 5) is 4.49. The van der Waals surface area contributed by atoms with Gasteiger partial charge in [-0.25, -0.2) is 9.37 Å². The molecule has 0 N–H and O–H groups in total. The number of thiazole rings is 1. The molecule has 1 fully saturated rings. The van der Waals surface area contributed by atoms with Gasteiger partial charge in [0.05, 0.1) is 10.7 Å². The summed E-state index contributed by atoms with van der Waals surface area (Å²) in [5, 5.41) is 3.30. The molecule has 0 unspecified atom stereocenters. The van der Waals surface area contributed by atoms with Crippen molar-refractivity contribution in [3.63, 3.8) is 0 Å². The Balaban J connectivity index is 1.64. The summed E-state index contributed by atoms with van der Waals surface area (Å²) in [5.41, 5.74) is 0.806. The van der Waals surface area contributed by atoms with Crippen molar-refractivity contribution in [3.05, 3.63) is 45.1 Å². The summed E-state index contributed by atoms with van der Waals surface area (Å²) in [5.74, 6) is -0.0407. The molecule has 3 rings (SSSR count). The molecule has 1 aliphatic heterocycles. The smallest absolute Gasteiger partial charge is 0.141 e. The number of rotatable bonds is 4. The van der Waals surface area contributed by atoms with Crippen molar-refractivity contribution in [3.8, 4) is 5.75 Å². The van der Waals surface area contributed by atoms with E-state index in [2.05, 4.69) is 4.98 Å². The Morgan fingerprint density at radius 1 is 1.50 bits per heavy atom. The maximum Gasteiger partial charge on any atom is 0.141 e. The summed E-state index contributed by atoms with van der Waals surface area (Å²) >= 11 is 7.51. The van der Waals surface area contributed by atoms with Gasteiger partial charge in [0.15, 0.2) is 0 Å². The van der Waals surface area contributed by atoms with Crippen molar-refractivity contribution in [2.45, 2.75) is 25.6 Å². The molecule has 0 bridgehead atoms. The molecule has 2 aromatic rings. The standard InChI is InChI=1S/C14H13ClFNO2S/c15-11-4-3-9(16)6-13(11)19-7-10-8-20-14(17-10)12-2-1-5-18-12/h3-4,6,8,12H,1-2,5,7H2/t12-/m0/s1. The fraction of sp³-hybridized carbons (Fsp3) is 0.357. The SMILES string of the molecule is Fc1ccc(Cl)c(OCc2csc([C@@H]3CCCO3)n2)c1. The van der Waals surface area contributed by atoms with E-state index in [9.17, 15) is 4.39 Å². The van der Waals surface area contributed by atoms with E-state index in [0.717, 1.165) is 30.2 Å². The fourth-order valence-corrected chi connectivity index (χ4v) is 3.11. The number of hydrogen-bond acceptors (Lipinski definition) is 4. The monoisotopic (exact) mass is 313 g/mol. The molecule has 1 aliphatic rings. The molecular formula is C14H13ClFNO2S. The van der Waals surface area contributed by atoms with Crippen molar-refractivity contribution in [2.24, 2.45) is 0 Å². The Labute approximate surface area is 125 Å². The average Bonchev–Trinajstić information content (AvgIpc) is 3.09. The van der Waals surface area contributed by atoms with Crippen LogP contribution in [0.15, 0.2) is 23.6 Å². The first-order chi connectivity index (χ1) is 9.72. The van der Waals surface area contributed by atoms with Gasteiger partial charge in [0, 0.05) is 18.1 Å². The van der Waals surface area contributed by atoms with Gasteiger partial charge in [0.1, 0.15) is 29.3 Å². The minimum absolute atomic E-state index is 0.117. The molecular weight excluding hydrogens is 301 g/mol. The topological polar surface area (TPSA) is 31.4 Å². The molecule has 2 heterocycles. The van der Waals surface area contributed by atoms with Crippen LogP contribution in [0.2, 0.25) is 5.02 Å². The maximum absolute atomic E-state index is 13.1. The third-order valence-corrected chi connectivity index (χ3v) is 4.34. The van der Waals surface area contributed by atoms with Gasteiger partial charge in [-0.05, 0) is 25.0 Å². The van der Waals surface area contributed by atoms with Crippen LogP contribution >= 0.6 is 22.9 Å². The number of ether oxygens (including phenoxy) is 2. The van der Waals surface area contributed by atoms with Gasteiger partial charge < -0.3 is 9.47 Å². The Morgan fingerprint density at radius 3 is 3.20 bits per heavy atom. The second-order valence-electron chi connectivity index (χ2n) is 4.54. The van der Waals surface area contributed by atoms with Crippen LogP contribution in [0.5, 0.6) is 5.75 Å². The first-order valence-electron chi connectivity index (χ1n) is 6.36. The highest BCUT2D eigenvalue weighted by Gasteiger charge is 2.20. The van der Waals surface area contributed by atoms with Crippen LogP contribution in [0.1, 0.15) is 29.6 Å². The van der Waals surface area contributed by atoms with E-state index in [4.69, 9.17) is 21.1 Å². The Hall–Kier alpha value is -1.17. The van der Waals surface area contributed by atoms with Gasteiger partial charge in [0.2, 0.25) is 0 Å². The zero-order valence-electron chi connectivity index (χ0n) is 10.6. The molecule has 0 aliphatic carbocycles. The molecule has 0 saturated carbocycles. The van der Waals surface area contributed by atoms with Crippen LogP contribution < -0.4 is 4.74 Å². The Morgan fingerprint density at radius 2 is 2.40 bits per heavy atom. The first kappa shape index (κ1) is 13.8. The van der Waals surface area contributed by atoms with E-state index in [1.807, 2.05) is 5.38 Å². The quantitative estimate of drug-likeness (QED) is 0.840. The van der Waals surface area contributed by atoms with E-state index in [-0.39, 0.29) is 18.5 Å². The molecule has 0 radical (unpaired) electrons. The third kappa shape index (κ3) is 3.11. The molecule has 1 atom stereocenters. The molecule has 6 heteroatoms. The van der Waals surface area contributed by atoms with Gasteiger partial charge in [-0.1, -0.05) is 11.6 Å². The van der Waals surface area contributed by atoms with E-state index < -0.39 is 0 Å². The van der Waals surface area contributed by atoms with Crippen molar-refractivity contribution in [1.29, 1.82) is 0 Å². The van der Waals surface area contributed by atoms with E-state index in [1.165, 1.54) is 18.2 Å². The van der Waals surface area contributed by atoms with Gasteiger partial charge in [-0.15, -0.1) is 11.3 Å². The fourth-order valence-electron chi connectivity index (χ4n) is 2.05. The Bertz CT molecular complexity index is 599. The van der Waals surface area contributed by atoms with Crippen LogP contribution in [-0.4, -0.2) is 11.6 Å². The molecule has 0 spiro atoms. The molecule has 1 saturated heterocycles. The number of nitrogens with zero attached hydrogens (tertiary/aromatic N) is 1. The predicted octanol–water partition coefficient (Wildman–Crippen LogP) is 4.37. The maximum atomic E-state index is 13.1. The number of aromatic nitrogens is 1.